The first-order chi connectivity index (χ1) is 7.33. The molecule has 0 aromatic carbocycles. The highest BCUT2D eigenvalue weighted by atomic mass is 16.5. The Kier molecular flexibility index (Phi) is 2.29. The Morgan fingerprint density at radius 1 is 1.40 bits per heavy atom. The zero-order valence-electron chi connectivity index (χ0n) is 7.95. The van der Waals surface area contributed by atoms with Gasteiger partial charge < -0.3 is 4.74 Å². The van der Waals surface area contributed by atoms with Crippen LogP contribution in [-0.2, 0) is 0 Å². The van der Waals surface area contributed by atoms with Gasteiger partial charge in [-0.05, 0) is 12.1 Å². The average Bonchev–Trinajstić information content (AvgIpc) is 2.78. The molecule has 6 nitrogen and oxygen atoms in total. The van der Waals surface area contributed by atoms with Crippen molar-refractivity contribution in [2.24, 2.45) is 0 Å². The van der Waals surface area contributed by atoms with Crippen LogP contribution in [-0.4, -0.2) is 26.9 Å². The Labute approximate surface area is 85.8 Å². The number of methoxy groups -OCH3 is 1. The second kappa shape index (κ2) is 3.75. The van der Waals surface area contributed by atoms with Gasteiger partial charge in [-0.15, -0.1) is 5.10 Å². The number of rotatable bonds is 2. The van der Waals surface area contributed by atoms with Crippen LogP contribution >= 0.6 is 0 Å². The molecule has 2 aromatic rings. The van der Waals surface area contributed by atoms with Crippen LogP contribution < -0.4 is 4.74 Å². The lowest BCUT2D eigenvalue weighted by molar-refractivity contribution is 0.412. The van der Waals surface area contributed by atoms with Crippen molar-refractivity contribution in [1.82, 2.24) is 19.7 Å². The molecule has 0 saturated heterocycles. The fourth-order valence-electron chi connectivity index (χ4n) is 1.05. The molecule has 0 amide bonds. The molecule has 2 rings (SSSR count). The number of hydrogen-bond acceptors (Lipinski definition) is 5. The Morgan fingerprint density at radius 2 is 2.27 bits per heavy atom. The molecule has 0 bridgehead atoms. The first-order valence-corrected chi connectivity index (χ1v) is 4.15. The standard InChI is InChI=1S/C9H7N5O/c1-15-7-2-3-9(11-5-7)14-6-12-8(4-10)13-14/h2-3,5-6H,1H3. The van der Waals surface area contributed by atoms with E-state index in [0.717, 1.165) is 0 Å². The highest BCUT2D eigenvalue weighted by Gasteiger charge is 2.02. The minimum atomic E-state index is 0.118. The van der Waals surface area contributed by atoms with E-state index in [1.54, 1.807) is 25.4 Å². The van der Waals surface area contributed by atoms with Gasteiger partial charge in [0, 0.05) is 0 Å². The lowest BCUT2D eigenvalue weighted by Crippen LogP contribution is -1.98. The van der Waals surface area contributed by atoms with Crippen LogP contribution in [0.15, 0.2) is 24.7 Å². The zero-order chi connectivity index (χ0) is 10.7. The van der Waals surface area contributed by atoms with Crippen molar-refractivity contribution in [2.45, 2.75) is 0 Å². The Bertz CT molecular complexity index is 496. The molecule has 6 heteroatoms. The summed E-state index contributed by atoms with van der Waals surface area (Å²) in [7, 11) is 1.57. The maximum Gasteiger partial charge on any atom is 0.252 e. The first-order valence-electron chi connectivity index (χ1n) is 4.15. The Balaban J connectivity index is 2.33. The van der Waals surface area contributed by atoms with Crippen LogP contribution in [0.5, 0.6) is 5.75 Å². The van der Waals surface area contributed by atoms with Crippen LogP contribution in [0.25, 0.3) is 5.82 Å². The van der Waals surface area contributed by atoms with E-state index in [4.69, 9.17) is 10.00 Å². The molecule has 0 aliphatic carbocycles. The molecule has 0 fully saturated rings. The highest BCUT2D eigenvalue weighted by molar-refractivity contribution is 5.27. The van der Waals surface area contributed by atoms with Gasteiger partial charge in [-0.2, -0.15) is 5.26 Å². The van der Waals surface area contributed by atoms with Gasteiger partial charge in [-0.3, -0.25) is 0 Å². The number of pyridine rings is 1. The molecule has 74 valence electrons. The lowest BCUT2D eigenvalue weighted by atomic mass is 10.4. The summed E-state index contributed by atoms with van der Waals surface area (Å²) in [5.41, 5.74) is 0. The van der Waals surface area contributed by atoms with Gasteiger partial charge in [0.2, 0.25) is 0 Å². The van der Waals surface area contributed by atoms with Crippen molar-refractivity contribution < 1.29 is 4.74 Å². The summed E-state index contributed by atoms with van der Waals surface area (Å²) in [6.07, 6.45) is 3.01. The molecule has 0 aliphatic rings. The van der Waals surface area contributed by atoms with E-state index in [0.29, 0.717) is 11.6 Å². The summed E-state index contributed by atoms with van der Waals surface area (Å²) < 4.78 is 6.40. The molecular weight excluding hydrogens is 194 g/mol. The fourth-order valence-corrected chi connectivity index (χ4v) is 1.05. The van der Waals surface area contributed by atoms with Crippen molar-refractivity contribution in [3.05, 3.63) is 30.5 Å². The van der Waals surface area contributed by atoms with E-state index in [1.807, 2.05) is 6.07 Å². The zero-order valence-corrected chi connectivity index (χ0v) is 7.95. The topological polar surface area (TPSA) is 76.6 Å². The average molecular weight is 201 g/mol. The fraction of sp³-hybridized carbons (Fsp3) is 0.111. The third kappa shape index (κ3) is 1.76. The predicted octanol–water partition coefficient (Wildman–Crippen LogP) is 0.543. The molecule has 0 unspecified atom stereocenters. The van der Waals surface area contributed by atoms with E-state index in [9.17, 15) is 0 Å². The van der Waals surface area contributed by atoms with Crippen LogP contribution in [0, 0.1) is 11.3 Å². The van der Waals surface area contributed by atoms with Gasteiger partial charge in [0.25, 0.3) is 5.82 Å². The summed E-state index contributed by atoms with van der Waals surface area (Å²) >= 11 is 0. The van der Waals surface area contributed by atoms with E-state index >= 15 is 0 Å². The normalized spacial score (nSPS) is 9.60. The Hall–Kier alpha value is -2.42. The second-order valence-corrected chi connectivity index (χ2v) is 2.68. The molecule has 0 radical (unpaired) electrons. The predicted molar refractivity (Wildman–Crippen MR) is 50.4 cm³/mol. The first kappa shape index (κ1) is 9.15. The van der Waals surface area contributed by atoms with Gasteiger partial charge in [0.15, 0.2) is 5.82 Å². The quantitative estimate of drug-likeness (QED) is 0.708. The molecule has 0 spiro atoms. The van der Waals surface area contributed by atoms with Crippen LogP contribution in [0.1, 0.15) is 5.82 Å². The van der Waals surface area contributed by atoms with Gasteiger partial charge in [-0.1, -0.05) is 0 Å². The number of nitrogens with zero attached hydrogens (tertiary/aromatic N) is 5. The van der Waals surface area contributed by atoms with E-state index in [-0.39, 0.29) is 5.82 Å². The van der Waals surface area contributed by atoms with Gasteiger partial charge >= 0.3 is 0 Å². The third-order valence-electron chi connectivity index (χ3n) is 1.78. The second-order valence-electron chi connectivity index (χ2n) is 2.68. The Morgan fingerprint density at radius 3 is 2.80 bits per heavy atom. The van der Waals surface area contributed by atoms with Crippen LogP contribution in [0.2, 0.25) is 0 Å². The lowest BCUT2D eigenvalue weighted by Gasteiger charge is -2.00. The summed E-state index contributed by atoms with van der Waals surface area (Å²) in [4.78, 5) is 7.87. The van der Waals surface area contributed by atoms with Gasteiger partial charge in [0.05, 0.1) is 13.3 Å². The maximum atomic E-state index is 8.55. The maximum absolute atomic E-state index is 8.55. The minimum absolute atomic E-state index is 0.118. The highest BCUT2D eigenvalue weighted by Crippen LogP contribution is 2.10. The molecule has 0 N–H and O–H groups in total. The summed E-state index contributed by atoms with van der Waals surface area (Å²) in [5, 5.41) is 12.4. The van der Waals surface area contributed by atoms with Crippen LogP contribution in [0.4, 0.5) is 0 Å². The number of ether oxygens (including phenoxy) is 1. The van der Waals surface area contributed by atoms with E-state index < -0.39 is 0 Å². The summed E-state index contributed by atoms with van der Waals surface area (Å²) in [6, 6.07) is 5.33. The van der Waals surface area contributed by atoms with Gasteiger partial charge in [0.1, 0.15) is 18.1 Å². The number of aromatic nitrogens is 4. The van der Waals surface area contributed by atoms with Gasteiger partial charge in [-0.25, -0.2) is 14.6 Å². The minimum Gasteiger partial charge on any atom is -0.495 e. The van der Waals surface area contributed by atoms with Crippen molar-refractivity contribution in [2.75, 3.05) is 7.11 Å². The van der Waals surface area contributed by atoms with E-state index in [1.165, 1.54) is 11.0 Å². The SMILES string of the molecule is COc1ccc(-n2cnc(C#N)n2)nc1. The van der Waals surface area contributed by atoms with Crippen molar-refractivity contribution in [1.29, 1.82) is 5.26 Å². The van der Waals surface area contributed by atoms with E-state index in [2.05, 4.69) is 15.1 Å². The van der Waals surface area contributed by atoms with Crippen LogP contribution in [0.3, 0.4) is 0 Å². The molecule has 2 heterocycles. The van der Waals surface area contributed by atoms with Crippen molar-refractivity contribution >= 4 is 0 Å². The molecule has 15 heavy (non-hydrogen) atoms. The summed E-state index contributed by atoms with van der Waals surface area (Å²) in [5.74, 6) is 1.37. The third-order valence-corrected chi connectivity index (χ3v) is 1.78. The molecule has 0 saturated carbocycles. The van der Waals surface area contributed by atoms with Crippen molar-refractivity contribution in [3.63, 3.8) is 0 Å². The summed E-state index contributed by atoms with van der Waals surface area (Å²) in [6.45, 7) is 0. The molecule has 0 aliphatic heterocycles. The molecule has 2 aromatic heterocycles. The largest absolute Gasteiger partial charge is 0.495 e. The smallest absolute Gasteiger partial charge is 0.252 e. The molecular formula is C9H7N5O. The monoisotopic (exact) mass is 201 g/mol. The number of nitriles is 1. The molecule has 0 atom stereocenters. The number of hydrogen-bond donors (Lipinski definition) is 0. The van der Waals surface area contributed by atoms with Crippen molar-refractivity contribution in [3.8, 4) is 17.6 Å².